The number of rotatable bonds is 3. The summed E-state index contributed by atoms with van der Waals surface area (Å²) in [5, 5.41) is 21.2. The van der Waals surface area contributed by atoms with Gasteiger partial charge < -0.3 is 14.7 Å². The molecule has 8 heteroatoms. The van der Waals surface area contributed by atoms with Crippen LogP contribution >= 0.6 is 0 Å². The van der Waals surface area contributed by atoms with E-state index in [4.69, 9.17) is 0 Å². The number of anilines is 2. The Labute approximate surface area is 215 Å². The Morgan fingerprint density at radius 2 is 1.73 bits per heavy atom. The predicted octanol–water partition coefficient (Wildman–Crippen LogP) is 3.92. The number of nitriles is 1. The Balaban J connectivity index is 1.35. The van der Waals surface area contributed by atoms with Crippen molar-refractivity contribution >= 4 is 23.0 Å². The highest BCUT2D eigenvalue weighted by atomic mass is 16.6. The average molecular weight is 494 g/mol. The summed E-state index contributed by atoms with van der Waals surface area (Å²) in [6, 6.07) is 23.1. The third kappa shape index (κ3) is 4.06. The first-order chi connectivity index (χ1) is 18.0. The lowest BCUT2D eigenvalue weighted by Gasteiger charge is -2.50. The van der Waals surface area contributed by atoms with Gasteiger partial charge in [0.1, 0.15) is 6.07 Å². The lowest BCUT2D eigenvalue weighted by atomic mass is 9.82. The smallest absolute Gasteiger partial charge is 0.269 e. The molecule has 0 saturated carbocycles. The van der Waals surface area contributed by atoms with Gasteiger partial charge in [-0.3, -0.25) is 14.9 Å². The average Bonchev–Trinajstić information content (AvgIpc) is 2.95. The molecule has 3 aliphatic rings. The largest absolute Gasteiger partial charge is 0.367 e. The standard InChI is InChI=1S/C29H27N5O3/c30-17-21-6-3-4-8-26(21)31-13-14-33-27-10-9-24(34(36)37)15-23(27)16-25(28(33)19-31)29(35)32-12-11-20-5-1-2-7-22(20)18-32/h1-10,15,25,28H,11-14,16,18-19H2/t25-,28+/m0/s1. The van der Waals surface area contributed by atoms with Crippen LogP contribution < -0.4 is 9.80 Å². The third-order valence-electron chi connectivity index (χ3n) is 8.03. The Kier molecular flexibility index (Phi) is 5.76. The molecule has 0 aromatic heterocycles. The van der Waals surface area contributed by atoms with E-state index in [2.05, 4.69) is 28.0 Å². The highest BCUT2D eigenvalue weighted by molar-refractivity contribution is 5.83. The molecule has 186 valence electrons. The lowest BCUT2D eigenvalue weighted by Crippen LogP contribution is -2.61. The summed E-state index contributed by atoms with van der Waals surface area (Å²) < 4.78 is 0. The zero-order chi connectivity index (χ0) is 25.5. The van der Waals surface area contributed by atoms with Gasteiger partial charge in [0.15, 0.2) is 0 Å². The number of para-hydroxylation sites is 1. The second-order valence-electron chi connectivity index (χ2n) is 9.99. The number of carbonyl (C=O) groups is 1. The molecule has 0 radical (unpaired) electrons. The Bertz CT molecular complexity index is 1430. The first-order valence-corrected chi connectivity index (χ1v) is 12.7. The molecule has 1 saturated heterocycles. The van der Waals surface area contributed by atoms with Crippen LogP contribution in [0.15, 0.2) is 66.7 Å². The van der Waals surface area contributed by atoms with Gasteiger partial charge >= 0.3 is 0 Å². The van der Waals surface area contributed by atoms with Crippen molar-refractivity contribution < 1.29 is 9.72 Å². The molecule has 1 amide bonds. The Morgan fingerprint density at radius 1 is 0.946 bits per heavy atom. The molecule has 0 aliphatic carbocycles. The van der Waals surface area contributed by atoms with E-state index in [1.807, 2.05) is 47.4 Å². The molecule has 6 rings (SSSR count). The zero-order valence-electron chi connectivity index (χ0n) is 20.4. The molecule has 3 aromatic carbocycles. The predicted molar refractivity (Wildman–Crippen MR) is 140 cm³/mol. The van der Waals surface area contributed by atoms with E-state index >= 15 is 0 Å². The minimum Gasteiger partial charge on any atom is -0.367 e. The molecule has 0 spiro atoms. The molecular formula is C29H27N5O3. The molecule has 2 atom stereocenters. The van der Waals surface area contributed by atoms with Crippen molar-refractivity contribution in [2.45, 2.75) is 25.4 Å². The summed E-state index contributed by atoms with van der Waals surface area (Å²) >= 11 is 0. The monoisotopic (exact) mass is 493 g/mol. The molecule has 37 heavy (non-hydrogen) atoms. The minimum absolute atomic E-state index is 0.0527. The van der Waals surface area contributed by atoms with Gasteiger partial charge in [-0.05, 0) is 47.7 Å². The number of hydrogen-bond acceptors (Lipinski definition) is 6. The van der Waals surface area contributed by atoms with Crippen LogP contribution in [0.4, 0.5) is 17.1 Å². The molecule has 3 heterocycles. The molecule has 8 nitrogen and oxygen atoms in total. The topological polar surface area (TPSA) is 93.7 Å². The zero-order valence-corrected chi connectivity index (χ0v) is 20.4. The van der Waals surface area contributed by atoms with Gasteiger partial charge in [-0.2, -0.15) is 5.26 Å². The van der Waals surface area contributed by atoms with Crippen molar-refractivity contribution in [3.05, 3.63) is 99.1 Å². The van der Waals surface area contributed by atoms with Crippen LogP contribution in [-0.2, 0) is 24.2 Å². The van der Waals surface area contributed by atoms with Crippen LogP contribution in [0.5, 0.6) is 0 Å². The number of hydrogen-bond donors (Lipinski definition) is 0. The minimum atomic E-state index is -0.373. The summed E-state index contributed by atoms with van der Waals surface area (Å²) in [6.45, 7) is 3.23. The Morgan fingerprint density at radius 3 is 2.54 bits per heavy atom. The molecule has 0 unspecified atom stereocenters. The van der Waals surface area contributed by atoms with Gasteiger partial charge in [-0.1, -0.05) is 36.4 Å². The highest BCUT2D eigenvalue weighted by Crippen LogP contribution is 2.40. The number of benzene rings is 3. The quantitative estimate of drug-likeness (QED) is 0.406. The van der Waals surface area contributed by atoms with Crippen LogP contribution in [0.2, 0.25) is 0 Å². The number of fused-ring (bicyclic) bond motifs is 4. The Hall–Kier alpha value is -4.38. The van der Waals surface area contributed by atoms with E-state index in [0.29, 0.717) is 44.7 Å². The fourth-order valence-electron chi connectivity index (χ4n) is 6.19. The van der Waals surface area contributed by atoms with E-state index in [1.54, 1.807) is 12.1 Å². The molecular weight excluding hydrogens is 466 g/mol. The van der Waals surface area contributed by atoms with Crippen LogP contribution in [0.1, 0.15) is 22.3 Å². The number of non-ortho nitro benzene ring substituents is 1. The van der Waals surface area contributed by atoms with E-state index in [0.717, 1.165) is 23.4 Å². The summed E-state index contributed by atoms with van der Waals surface area (Å²) in [6.07, 6.45) is 1.29. The van der Waals surface area contributed by atoms with Gasteiger partial charge in [0.05, 0.1) is 28.1 Å². The number of nitrogens with zero attached hydrogens (tertiary/aromatic N) is 5. The summed E-state index contributed by atoms with van der Waals surface area (Å²) in [5.41, 5.74) is 5.85. The normalized spacial score (nSPS) is 20.4. The van der Waals surface area contributed by atoms with Crippen LogP contribution in [-0.4, -0.2) is 48.0 Å². The third-order valence-corrected chi connectivity index (χ3v) is 8.03. The van der Waals surface area contributed by atoms with Crippen molar-refractivity contribution in [2.24, 2.45) is 5.92 Å². The summed E-state index contributed by atoms with van der Waals surface area (Å²) in [7, 11) is 0. The molecule has 0 bridgehead atoms. The number of amides is 1. The first kappa shape index (κ1) is 23.0. The molecule has 0 N–H and O–H groups in total. The van der Waals surface area contributed by atoms with Crippen molar-refractivity contribution in [1.82, 2.24) is 4.90 Å². The van der Waals surface area contributed by atoms with Gasteiger partial charge in [0.25, 0.3) is 5.69 Å². The number of nitro benzene ring substituents is 1. The number of nitro groups is 1. The molecule has 3 aliphatic heterocycles. The van der Waals surface area contributed by atoms with E-state index < -0.39 is 0 Å². The maximum absolute atomic E-state index is 14.1. The summed E-state index contributed by atoms with van der Waals surface area (Å²) in [5.74, 6) is -0.242. The van der Waals surface area contributed by atoms with Gasteiger partial charge in [-0.15, -0.1) is 0 Å². The van der Waals surface area contributed by atoms with Crippen molar-refractivity contribution in [3.8, 4) is 6.07 Å². The van der Waals surface area contributed by atoms with Crippen LogP contribution in [0.25, 0.3) is 0 Å². The summed E-state index contributed by atoms with van der Waals surface area (Å²) in [4.78, 5) is 31.6. The molecule has 1 fully saturated rings. The molecule has 3 aromatic rings. The van der Waals surface area contributed by atoms with Crippen molar-refractivity contribution in [1.29, 1.82) is 5.26 Å². The van der Waals surface area contributed by atoms with Gasteiger partial charge in [0.2, 0.25) is 5.91 Å². The second kappa shape index (κ2) is 9.25. The lowest BCUT2D eigenvalue weighted by molar-refractivity contribution is -0.384. The highest BCUT2D eigenvalue weighted by Gasteiger charge is 2.44. The second-order valence-corrected chi connectivity index (χ2v) is 9.99. The maximum Gasteiger partial charge on any atom is 0.269 e. The maximum atomic E-state index is 14.1. The van der Waals surface area contributed by atoms with Crippen molar-refractivity contribution in [2.75, 3.05) is 36.0 Å². The fraction of sp³-hybridized carbons (Fsp3) is 0.310. The fourth-order valence-corrected chi connectivity index (χ4v) is 6.19. The van der Waals surface area contributed by atoms with Crippen molar-refractivity contribution in [3.63, 3.8) is 0 Å². The SMILES string of the molecule is N#Cc1ccccc1N1CCN2c3ccc([N+](=O)[O-])cc3C[C@H](C(=O)N3CCc4ccccc4C3)[C@H]2C1. The van der Waals surface area contributed by atoms with Crippen LogP contribution in [0.3, 0.4) is 0 Å². The number of carbonyl (C=O) groups excluding carboxylic acids is 1. The number of piperazine rings is 1. The van der Waals surface area contributed by atoms with E-state index in [9.17, 15) is 20.2 Å². The van der Waals surface area contributed by atoms with Gasteiger partial charge in [0, 0.05) is 50.5 Å². The first-order valence-electron chi connectivity index (χ1n) is 12.7. The van der Waals surface area contributed by atoms with E-state index in [1.165, 1.54) is 11.1 Å². The van der Waals surface area contributed by atoms with Gasteiger partial charge in [-0.25, -0.2) is 0 Å². The van der Waals surface area contributed by atoms with E-state index in [-0.39, 0.29) is 28.5 Å². The van der Waals surface area contributed by atoms with Crippen LogP contribution in [0, 0.1) is 27.4 Å².